The van der Waals surface area contributed by atoms with E-state index in [1.165, 1.54) is 12.1 Å². The second kappa shape index (κ2) is 5.61. The van der Waals surface area contributed by atoms with E-state index in [-0.39, 0.29) is 17.8 Å². The molecule has 0 aromatic heterocycles. The first-order chi connectivity index (χ1) is 9.40. The Morgan fingerprint density at radius 2 is 1.85 bits per heavy atom. The number of hydrogen-bond donors (Lipinski definition) is 2. The second-order valence-corrected chi connectivity index (χ2v) is 5.38. The van der Waals surface area contributed by atoms with Crippen molar-refractivity contribution in [2.24, 2.45) is 5.92 Å². The molecule has 1 amide bonds. The Morgan fingerprint density at radius 3 is 2.40 bits per heavy atom. The number of rotatable bonds is 3. The number of carboxylic acid groups (broad SMARTS) is 1. The van der Waals surface area contributed by atoms with E-state index in [2.05, 4.69) is 5.32 Å². The molecule has 2 rings (SSSR count). The number of carbonyl (C=O) groups is 2. The third-order valence-electron chi connectivity index (χ3n) is 3.85. The summed E-state index contributed by atoms with van der Waals surface area (Å²) in [4.78, 5) is 23.2. The number of aryl methyl sites for hydroxylation is 2. The van der Waals surface area contributed by atoms with Gasteiger partial charge in [0.15, 0.2) is 0 Å². The maximum Gasteiger partial charge on any atom is 0.308 e. The van der Waals surface area contributed by atoms with Gasteiger partial charge in [-0.3, -0.25) is 9.59 Å². The number of carboxylic acids is 1. The van der Waals surface area contributed by atoms with Crippen LogP contribution in [0.4, 0.5) is 4.39 Å². The molecule has 0 heterocycles. The van der Waals surface area contributed by atoms with Crippen molar-refractivity contribution in [3.8, 4) is 0 Å². The average molecular weight is 279 g/mol. The molecule has 20 heavy (non-hydrogen) atoms. The highest BCUT2D eigenvalue weighted by Crippen LogP contribution is 2.26. The third-order valence-corrected chi connectivity index (χ3v) is 3.85. The molecule has 4 nitrogen and oxygen atoms in total. The van der Waals surface area contributed by atoms with E-state index in [0.717, 1.165) is 6.42 Å². The molecule has 1 aromatic carbocycles. The normalized spacial score (nSPS) is 21.8. The molecular formula is C15H18FNO3. The van der Waals surface area contributed by atoms with E-state index in [1.807, 2.05) is 0 Å². The van der Waals surface area contributed by atoms with Crippen LogP contribution < -0.4 is 5.32 Å². The van der Waals surface area contributed by atoms with Crippen molar-refractivity contribution in [1.29, 1.82) is 0 Å². The molecule has 0 saturated heterocycles. The summed E-state index contributed by atoms with van der Waals surface area (Å²) >= 11 is 0. The van der Waals surface area contributed by atoms with Crippen molar-refractivity contribution in [2.75, 3.05) is 0 Å². The van der Waals surface area contributed by atoms with Gasteiger partial charge in [0.1, 0.15) is 5.82 Å². The summed E-state index contributed by atoms with van der Waals surface area (Å²) in [5.41, 5.74) is 1.20. The van der Waals surface area contributed by atoms with E-state index in [4.69, 9.17) is 5.11 Å². The predicted octanol–water partition coefficient (Wildman–Crippen LogP) is 2.43. The van der Waals surface area contributed by atoms with E-state index >= 15 is 0 Å². The van der Waals surface area contributed by atoms with Crippen molar-refractivity contribution in [3.05, 3.63) is 34.6 Å². The van der Waals surface area contributed by atoms with Gasteiger partial charge < -0.3 is 10.4 Å². The van der Waals surface area contributed by atoms with Crippen molar-refractivity contribution in [3.63, 3.8) is 0 Å². The molecule has 1 aliphatic carbocycles. The summed E-state index contributed by atoms with van der Waals surface area (Å²) in [5, 5.41) is 11.8. The molecular weight excluding hydrogens is 261 g/mol. The fourth-order valence-electron chi connectivity index (χ4n) is 2.76. The highest BCUT2D eigenvalue weighted by molar-refractivity contribution is 5.95. The van der Waals surface area contributed by atoms with Gasteiger partial charge in [0.2, 0.25) is 0 Å². The van der Waals surface area contributed by atoms with Gasteiger partial charge in [0, 0.05) is 11.6 Å². The van der Waals surface area contributed by atoms with Gasteiger partial charge in [-0.15, -0.1) is 0 Å². The number of halogens is 1. The number of nitrogens with one attached hydrogen (secondary N) is 1. The van der Waals surface area contributed by atoms with Crippen molar-refractivity contribution < 1.29 is 19.1 Å². The van der Waals surface area contributed by atoms with Crippen molar-refractivity contribution in [2.45, 2.75) is 39.2 Å². The quantitative estimate of drug-likeness (QED) is 0.893. The molecule has 1 aromatic rings. The predicted molar refractivity (Wildman–Crippen MR) is 72.1 cm³/mol. The van der Waals surface area contributed by atoms with Crippen LogP contribution in [0.5, 0.6) is 0 Å². The standard InChI is InChI=1S/C15H18FNO3/c1-8-6-10(7-9(2)13(8)16)14(18)17-12-5-3-4-11(12)15(19)20/h6-7,11-12H,3-5H2,1-2H3,(H,17,18)(H,19,20)/t11-,12+/m0/s1. The number of benzene rings is 1. The highest BCUT2D eigenvalue weighted by atomic mass is 19.1. The lowest BCUT2D eigenvalue weighted by Crippen LogP contribution is -2.40. The van der Waals surface area contributed by atoms with Crippen LogP contribution in [0.3, 0.4) is 0 Å². The van der Waals surface area contributed by atoms with Crippen LogP contribution in [0.15, 0.2) is 12.1 Å². The lowest BCUT2D eigenvalue weighted by atomic mass is 10.0. The highest BCUT2D eigenvalue weighted by Gasteiger charge is 2.34. The van der Waals surface area contributed by atoms with E-state index < -0.39 is 11.9 Å². The minimum Gasteiger partial charge on any atom is -0.481 e. The largest absolute Gasteiger partial charge is 0.481 e. The minimum atomic E-state index is -0.876. The number of carbonyl (C=O) groups excluding carboxylic acids is 1. The van der Waals surface area contributed by atoms with Gasteiger partial charge in [-0.1, -0.05) is 6.42 Å². The molecule has 1 fully saturated rings. The molecule has 0 bridgehead atoms. The molecule has 0 aliphatic heterocycles. The van der Waals surface area contributed by atoms with Gasteiger partial charge in [-0.05, 0) is 49.9 Å². The zero-order chi connectivity index (χ0) is 14.9. The molecule has 2 atom stereocenters. The number of aliphatic carboxylic acids is 1. The lowest BCUT2D eigenvalue weighted by molar-refractivity contribution is -0.142. The summed E-state index contributed by atoms with van der Waals surface area (Å²) in [6.07, 6.45) is 2.05. The smallest absolute Gasteiger partial charge is 0.308 e. The molecule has 0 unspecified atom stereocenters. The van der Waals surface area contributed by atoms with Gasteiger partial charge in [0.25, 0.3) is 5.91 Å². The fourth-order valence-corrected chi connectivity index (χ4v) is 2.76. The second-order valence-electron chi connectivity index (χ2n) is 5.38. The fraction of sp³-hybridized carbons (Fsp3) is 0.467. The Hall–Kier alpha value is -1.91. The first-order valence-electron chi connectivity index (χ1n) is 6.70. The zero-order valence-electron chi connectivity index (χ0n) is 11.6. The zero-order valence-corrected chi connectivity index (χ0v) is 11.6. The topological polar surface area (TPSA) is 66.4 Å². The first kappa shape index (κ1) is 14.5. The Labute approximate surface area is 117 Å². The van der Waals surface area contributed by atoms with Gasteiger partial charge in [-0.2, -0.15) is 0 Å². The monoisotopic (exact) mass is 279 g/mol. The van der Waals surface area contributed by atoms with Gasteiger partial charge in [0.05, 0.1) is 5.92 Å². The van der Waals surface area contributed by atoms with E-state index in [0.29, 0.717) is 29.5 Å². The van der Waals surface area contributed by atoms with Crippen LogP contribution >= 0.6 is 0 Å². The summed E-state index contributed by atoms with van der Waals surface area (Å²) in [6.45, 7) is 3.21. The van der Waals surface area contributed by atoms with E-state index in [9.17, 15) is 14.0 Å². The van der Waals surface area contributed by atoms with Crippen LogP contribution in [-0.2, 0) is 4.79 Å². The Kier molecular flexibility index (Phi) is 4.06. The first-order valence-corrected chi connectivity index (χ1v) is 6.70. The molecule has 0 spiro atoms. The maximum atomic E-state index is 13.5. The summed E-state index contributed by atoms with van der Waals surface area (Å²) in [6, 6.07) is 2.63. The maximum absolute atomic E-state index is 13.5. The molecule has 5 heteroatoms. The summed E-state index contributed by atoms with van der Waals surface area (Å²) < 4.78 is 13.5. The van der Waals surface area contributed by atoms with Crippen molar-refractivity contribution >= 4 is 11.9 Å². The van der Waals surface area contributed by atoms with Crippen LogP contribution in [0.2, 0.25) is 0 Å². The van der Waals surface area contributed by atoms with Crippen LogP contribution in [0, 0.1) is 25.6 Å². The third kappa shape index (κ3) is 2.81. The summed E-state index contributed by atoms with van der Waals surface area (Å²) in [5.74, 6) is -2.05. The SMILES string of the molecule is Cc1cc(C(=O)N[C@@H]2CCC[C@@H]2C(=O)O)cc(C)c1F. The molecule has 0 radical (unpaired) electrons. The van der Waals surface area contributed by atoms with E-state index in [1.54, 1.807) is 13.8 Å². The van der Waals surface area contributed by atoms with Gasteiger partial charge in [-0.25, -0.2) is 4.39 Å². The average Bonchev–Trinajstić information content (AvgIpc) is 2.83. The van der Waals surface area contributed by atoms with Crippen molar-refractivity contribution in [1.82, 2.24) is 5.32 Å². The Bertz CT molecular complexity index is 533. The van der Waals surface area contributed by atoms with Gasteiger partial charge >= 0.3 is 5.97 Å². The van der Waals surface area contributed by atoms with Crippen LogP contribution in [0.25, 0.3) is 0 Å². The lowest BCUT2D eigenvalue weighted by Gasteiger charge is -2.18. The number of hydrogen-bond acceptors (Lipinski definition) is 2. The number of amides is 1. The Balaban J connectivity index is 2.14. The summed E-state index contributed by atoms with van der Waals surface area (Å²) in [7, 11) is 0. The van der Waals surface area contributed by atoms with Crippen LogP contribution in [0.1, 0.15) is 40.7 Å². The molecule has 2 N–H and O–H groups in total. The molecule has 108 valence electrons. The molecule has 1 saturated carbocycles. The Morgan fingerprint density at radius 1 is 1.25 bits per heavy atom. The minimum absolute atomic E-state index is 0.314. The van der Waals surface area contributed by atoms with Crippen LogP contribution in [-0.4, -0.2) is 23.0 Å². The molecule has 1 aliphatic rings.